The summed E-state index contributed by atoms with van der Waals surface area (Å²) in [6.07, 6.45) is 1.70. The van der Waals surface area contributed by atoms with Crippen LogP contribution in [0.1, 0.15) is 29.8 Å². The predicted molar refractivity (Wildman–Crippen MR) is 128 cm³/mol. The van der Waals surface area contributed by atoms with E-state index in [1.807, 2.05) is 51.1 Å². The molecule has 0 aliphatic carbocycles. The molecular weight excluding hydrogens is 424 g/mol. The van der Waals surface area contributed by atoms with Crippen molar-refractivity contribution in [2.24, 2.45) is 0 Å². The number of anilines is 1. The van der Waals surface area contributed by atoms with Crippen LogP contribution in [0.15, 0.2) is 65.2 Å². The summed E-state index contributed by atoms with van der Waals surface area (Å²) in [5.41, 5.74) is 4.17. The third-order valence-electron chi connectivity index (χ3n) is 4.58. The number of carbonyl (C=O) groups excluding carboxylic acids is 1. The number of aryl methyl sites for hydroxylation is 1. The summed E-state index contributed by atoms with van der Waals surface area (Å²) in [5.74, 6) is 0.810. The van der Waals surface area contributed by atoms with Crippen molar-refractivity contribution in [2.75, 3.05) is 5.32 Å². The van der Waals surface area contributed by atoms with Crippen molar-refractivity contribution in [3.05, 3.63) is 71.9 Å². The van der Waals surface area contributed by atoms with Gasteiger partial charge < -0.3 is 14.5 Å². The molecule has 0 atom stereocenters. The van der Waals surface area contributed by atoms with Crippen molar-refractivity contribution >= 4 is 40.2 Å². The van der Waals surface area contributed by atoms with Crippen LogP contribution in [0.5, 0.6) is 5.75 Å². The summed E-state index contributed by atoms with van der Waals surface area (Å²) < 4.78 is 11.4. The van der Waals surface area contributed by atoms with Crippen LogP contribution < -0.4 is 15.4 Å². The Bertz CT molecular complexity index is 1270. The number of pyridine rings is 1. The minimum absolute atomic E-state index is 0.0213. The van der Waals surface area contributed by atoms with Gasteiger partial charge in [0.15, 0.2) is 16.3 Å². The Hall–Kier alpha value is -3.78. The molecule has 0 unspecified atom stereocenters. The second-order valence-corrected chi connectivity index (χ2v) is 7.88. The van der Waals surface area contributed by atoms with E-state index in [0.29, 0.717) is 28.4 Å². The highest BCUT2D eigenvalue weighted by molar-refractivity contribution is 7.80. The largest absolute Gasteiger partial charge is 0.491 e. The zero-order valence-electron chi connectivity index (χ0n) is 17.9. The zero-order valence-corrected chi connectivity index (χ0v) is 18.7. The Morgan fingerprint density at radius 1 is 1.12 bits per heavy atom. The van der Waals surface area contributed by atoms with Gasteiger partial charge in [-0.2, -0.15) is 4.98 Å². The normalized spacial score (nSPS) is 10.9. The molecule has 32 heavy (non-hydrogen) atoms. The number of fused-ring (bicyclic) bond motifs is 1. The van der Waals surface area contributed by atoms with E-state index in [4.69, 9.17) is 21.4 Å². The number of nitrogens with zero attached hydrogens (tertiary/aromatic N) is 2. The van der Waals surface area contributed by atoms with E-state index >= 15 is 0 Å². The molecule has 0 spiro atoms. The summed E-state index contributed by atoms with van der Waals surface area (Å²) in [4.78, 5) is 21.2. The molecule has 7 nitrogen and oxygen atoms in total. The average Bonchev–Trinajstić information content (AvgIpc) is 3.19. The molecule has 0 bridgehead atoms. The molecular formula is C24H22N4O3S. The zero-order chi connectivity index (χ0) is 22.7. The Morgan fingerprint density at radius 2 is 1.97 bits per heavy atom. The van der Waals surface area contributed by atoms with E-state index in [2.05, 4.69) is 20.6 Å². The van der Waals surface area contributed by atoms with Crippen LogP contribution >= 0.6 is 12.2 Å². The van der Waals surface area contributed by atoms with Gasteiger partial charge >= 0.3 is 0 Å². The van der Waals surface area contributed by atoms with Gasteiger partial charge in [0.25, 0.3) is 5.91 Å². The van der Waals surface area contributed by atoms with Crippen LogP contribution in [0.25, 0.3) is 22.7 Å². The van der Waals surface area contributed by atoms with Crippen LogP contribution in [-0.2, 0) is 0 Å². The van der Waals surface area contributed by atoms with Crippen molar-refractivity contribution in [1.29, 1.82) is 0 Å². The van der Waals surface area contributed by atoms with Crippen LogP contribution in [0.3, 0.4) is 0 Å². The second-order valence-electron chi connectivity index (χ2n) is 7.48. The maximum Gasteiger partial charge on any atom is 0.257 e. The standard InChI is InChI=1S/C24H22N4O3S/c1-14(2)30-18-7-4-6-16(13-18)22(29)28-24(32)26-19-10-9-17(12-15(19)3)23-27-21-20(31-23)8-5-11-25-21/h4-14H,1-3H3,(H2,26,28,29,32). The van der Waals surface area contributed by atoms with Crippen molar-refractivity contribution in [2.45, 2.75) is 26.9 Å². The summed E-state index contributed by atoms with van der Waals surface area (Å²) >= 11 is 5.33. The molecule has 0 saturated carbocycles. The number of aromatic nitrogens is 2. The number of oxazole rings is 1. The first-order chi connectivity index (χ1) is 15.4. The maximum absolute atomic E-state index is 12.6. The average molecular weight is 447 g/mol. The monoisotopic (exact) mass is 446 g/mol. The Morgan fingerprint density at radius 3 is 2.72 bits per heavy atom. The van der Waals surface area contributed by atoms with Crippen molar-refractivity contribution in [3.63, 3.8) is 0 Å². The number of ether oxygens (including phenoxy) is 1. The minimum atomic E-state index is -0.315. The minimum Gasteiger partial charge on any atom is -0.491 e. The fourth-order valence-corrected chi connectivity index (χ4v) is 3.34. The highest BCUT2D eigenvalue weighted by Gasteiger charge is 2.13. The van der Waals surface area contributed by atoms with E-state index in [1.165, 1.54) is 0 Å². The topological polar surface area (TPSA) is 89.3 Å². The van der Waals surface area contributed by atoms with Gasteiger partial charge in [0, 0.05) is 23.0 Å². The van der Waals surface area contributed by atoms with Gasteiger partial charge in [-0.15, -0.1) is 0 Å². The van der Waals surface area contributed by atoms with E-state index < -0.39 is 0 Å². The number of thiocarbonyl (C=S) groups is 1. The molecule has 2 heterocycles. The number of benzene rings is 2. The highest BCUT2D eigenvalue weighted by Crippen LogP contribution is 2.26. The first kappa shape index (κ1) is 21.5. The maximum atomic E-state index is 12.6. The lowest BCUT2D eigenvalue weighted by Crippen LogP contribution is -2.34. The lowest BCUT2D eigenvalue weighted by Gasteiger charge is -2.13. The van der Waals surface area contributed by atoms with Crippen LogP contribution in [0.2, 0.25) is 0 Å². The first-order valence-electron chi connectivity index (χ1n) is 10.1. The van der Waals surface area contributed by atoms with Crippen LogP contribution in [-0.4, -0.2) is 27.1 Å². The van der Waals surface area contributed by atoms with Gasteiger partial charge in [-0.25, -0.2) is 4.98 Å². The molecule has 4 rings (SSSR count). The fraction of sp³-hybridized carbons (Fsp3) is 0.167. The first-order valence-corrected chi connectivity index (χ1v) is 10.5. The third-order valence-corrected chi connectivity index (χ3v) is 4.79. The van der Waals surface area contributed by atoms with Crippen molar-refractivity contribution < 1.29 is 13.9 Å². The lowest BCUT2D eigenvalue weighted by atomic mass is 10.1. The van der Waals surface area contributed by atoms with Gasteiger partial charge in [-0.3, -0.25) is 10.1 Å². The molecule has 0 saturated heterocycles. The highest BCUT2D eigenvalue weighted by atomic mass is 32.1. The lowest BCUT2D eigenvalue weighted by molar-refractivity contribution is 0.0977. The van der Waals surface area contributed by atoms with Crippen molar-refractivity contribution in [1.82, 2.24) is 15.3 Å². The summed E-state index contributed by atoms with van der Waals surface area (Å²) in [7, 11) is 0. The fourth-order valence-electron chi connectivity index (χ4n) is 3.14. The molecule has 0 fully saturated rings. The molecule has 1 amide bonds. The van der Waals surface area contributed by atoms with Crippen LogP contribution in [0.4, 0.5) is 5.69 Å². The molecule has 162 valence electrons. The van der Waals surface area contributed by atoms with Gasteiger partial charge in [-0.05, 0) is 87.1 Å². The molecule has 0 radical (unpaired) electrons. The van der Waals surface area contributed by atoms with Gasteiger partial charge in [-0.1, -0.05) is 6.07 Å². The Labute approximate surface area is 190 Å². The Kier molecular flexibility index (Phi) is 6.13. The number of carbonyl (C=O) groups is 1. The van der Waals surface area contributed by atoms with Gasteiger partial charge in [0.05, 0.1) is 6.10 Å². The molecule has 0 aliphatic rings. The molecule has 4 aromatic rings. The SMILES string of the molecule is Cc1cc(-c2nc3ncccc3o2)ccc1NC(=S)NC(=O)c1cccc(OC(C)C)c1. The summed E-state index contributed by atoms with van der Waals surface area (Å²) in [6, 6.07) is 16.3. The summed E-state index contributed by atoms with van der Waals surface area (Å²) in [5, 5.41) is 5.97. The quantitative estimate of drug-likeness (QED) is 0.412. The van der Waals surface area contributed by atoms with E-state index in [0.717, 1.165) is 16.8 Å². The predicted octanol–water partition coefficient (Wildman–Crippen LogP) is 5.11. The number of nitrogens with one attached hydrogen (secondary N) is 2. The number of hydrogen-bond donors (Lipinski definition) is 2. The van der Waals surface area contributed by atoms with Gasteiger partial charge in [0.2, 0.25) is 5.89 Å². The van der Waals surface area contributed by atoms with Crippen LogP contribution in [0, 0.1) is 6.92 Å². The number of amides is 1. The molecule has 2 aromatic carbocycles. The van der Waals surface area contributed by atoms with Crippen molar-refractivity contribution in [3.8, 4) is 17.2 Å². The Balaban J connectivity index is 1.43. The number of rotatable bonds is 5. The summed E-state index contributed by atoms with van der Waals surface area (Å²) in [6.45, 7) is 5.80. The smallest absolute Gasteiger partial charge is 0.257 e. The molecule has 8 heteroatoms. The third kappa shape index (κ3) is 4.92. The van der Waals surface area contributed by atoms with Gasteiger partial charge in [0.1, 0.15) is 5.75 Å². The van der Waals surface area contributed by atoms with E-state index in [-0.39, 0.29) is 17.1 Å². The van der Waals surface area contributed by atoms with E-state index in [1.54, 1.807) is 30.5 Å². The van der Waals surface area contributed by atoms with E-state index in [9.17, 15) is 4.79 Å². The number of hydrogen-bond acceptors (Lipinski definition) is 6. The molecule has 0 aliphatic heterocycles. The molecule has 2 N–H and O–H groups in total. The molecule has 2 aromatic heterocycles. The second kappa shape index (κ2) is 9.15.